The van der Waals surface area contributed by atoms with Crippen molar-refractivity contribution < 1.29 is 5.11 Å². The van der Waals surface area contributed by atoms with Crippen LogP contribution in [0.5, 0.6) is 0 Å². The molecule has 0 saturated heterocycles. The molecule has 0 radical (unpaired) electrons. The molecule has 0 aliphatic rings. The van der Waals surface area contributed by atoms with Gasteiger partial charge in [0.2, 0.25) is 0 Å². The third-order valence-electron chi connectivity index (χ3n) is 2.37. The molecule has 84 valence electrons. The van der Waals surface area contributed by atoms with Crippen LogP contribution in [0.3, 0.4) is 0 Å². The van der Waals surface area contributed by atoms with E-state index in [1.54, 1.807) is 0 Å². The summed E-state index contributed by atoms with van der Waals surface area (Å²) >= 11 is 0. The van der Waals surface area contributed by atoms with Crippen molar-refractivity contribution in [3.8, 4) is 0 Å². The van der Waals surface area contributed by atoms with Crippen molar-refractivity contribution in [3.63, 3.8) is 0 Å². The number of hydrogen-bond acceptors (Lipinski definition) is 3. The average molecular weight is 200 g/mol. The molecule has 0 spiro atoms. The van der Waals surface area contributed by atoms with Gasteiger partial charge in [0.25, 0.3) is 0 Å². The minimum absolute atomic E-state index is 0.219. The maximum Gasteiger partial charge on any atom is 0.0558 e. The van der Waals surface area contributed by atoms with Crippen LogP contribution in [-0.4, -0.2) is 48.8 Å². The number of aliphatic hydroxyl groups is 1. The standard InChI is InChI=1S/C11H24N2O/c1-4-7-13(8-9-14)11(5-2)10-12-6-3/h4,11-12,14H,1,5-10H2,2-3H3. The molecular formula is C11H24N2O. The van der Waals surface area contributed by atoms with E-state index < -0.39 is 0 Å². The third-order valence-corrected chi connectivity index (χ3v) is 2.37. The maximum atomic E-state index is 8.94. The Balaban J connectivity index is 4.02. The van der Waals surface area contributed by atoms with Crippen molar-refractivity contribution in [2.45, 2.75) is 26.3 Å². The molecule has 0 saturated carbocycles. The highest BCUT2D eigenvalue weighted by molar-refractivity contribution is 4.79. The monoisotopic (exact) mass is 200 g/mol. The Bertz CT molecular complexity index is 139. The van der Waals surface area contributed by atoms with E-state index in [1.165, 1.54) is 0 Å². The largest absolute Gasteiger partial charge is 0.395 e. The van der Waals surface area contributed by atoms with Crippen molar-refractivity contribution in [2.24, 2.45) is 0 Å². The van der Waals surface area contributed by atoms with E-state index in [-0.39, 0.29) is 6.61 Å². The molecule has 0 aliphatic carbocycles. The molecule has 0 aromatic carbocycles. The molecule has 0 rings (SSSR count). The Morgan fingerprint density at radius 1 is 1.50 bits per heavy atom. The second-order valence-electron chi connectivity index (χ2n) is 3.38. The van der Waals surface area contributed by atoms with Gasteiger partial charge in [0.1, 0.15) is 0 Å². The summed E-state index contributed by atoms with van der Waals surface area (Å²) in [6.45, 7) is 11.8. The molecule has 3 nitrogen and oxygen atoms in total. The van der Waals surface area contributed by atoms with Crippen LogP contribution in [0.25, 0.3) is 0 Å². The third kappa shape index (κ3) is 5.37. The van der Waals surface area contributed by atoms with Crippen LogP contribution < -0.4 is 5.32 Å². The zero-order valence-electron chi connectivity index (χ0n) is 9.50. The molecule has 0 amide bonds. The molecule has 0 fully saturated rings. The zero-order chi connectivity index (χ0) is 10.8. The summed E-state index contributed by atoms with van der Waals surface area (Å²) in [6, 6.07) is 0.500. The van der Waals surface area contributed by atoms with Crippen LogP contribution in [0.4, 0.5) is 0 Å². The molecule has 1 atom stereocenters. The fourth-order valence-electron chi connectivity index (χ4n) is 1.56. The predicted octanol–water partition coefficient (Wildman–Crippen LogP) is 0.855. The summed E-state index contributed by atoms with van der Waals surface area (Å²) in [7, 11) is 0. The highest BCUT2D eigenvalue weighted by Crippen LogP contribution is 2.02. The molecule has 0 bridgehead atoms. The van der Waals surface area contributed by atoms with E-state index in [0.717, 1.165) is 32.6 Å². The number of nitrogens with zero attached hydrogens (tertiary/aromatic N) is 1. The summed E-state index contributed by atoms with van der Waals surface area (Å²) < 4.78 is 0. The van der Waals surface area contributed by atoms with E-state index in [1.807, 2.05) is 6.08 Å². The molecule has 0 aliphatic heterocycles. The van der Waals surface area contributed by atoms with Crippen molar-refractivity contribution >= 4 is 0 Å². The minimum Gasteiger partial charge on any atom is -0.395 e. The Labute approximate surface area is 87.8 Å². The first-order valence-corrected chi connectivity index (χ1v) is 5.46. The van der Waals surface area contributed by atoms with Crippen molar-refractivity contribution in [2.75, 3.05) is 32.8 Å². The topological polar surface area (TPSA) is 35.5 Å². The van der Waals surface area contributed by atoms with E-state index in [9.17, 15) is 0 Å². The fraction of sp³-hybridized carbons (Fsp3) is 0.818. The lowest BCUT2D eigenvalue weighted by Crippen LogP contribution is -2.43. The Morgan fingerprint density at radius 3 is 2.64 bits per heavy atom. The smallest absolute Gasteiger partial charge is 0.0558 e. The van der Waals surface area contributed by atoms with Crippen LogP contribution in [0.15, 0.2) is 12.7 Å². The first-order chi connectivity index (χ1) is 6.79. The van der Waals surface area contributed by atoms with Gasteiger partial charge in [-0.05, 0) is 13.0 Å². The molecule has 14 heavy (non-hydrogen) atoms. The van der Waals surface area contributed by atoms with E-state index >= 15 is 0 Å². The summed E-state index contributed by atoms with van der Waals surface area (Å²) in [4.78, 5) is 2.26. The van der Waals surface area contributed by atoms with E-state index in [4.69, 9.17) is 5.11 Å². The lowest BCUT2D eigenvalue weighted by molar-refractivity contribution is 0.158. The quantitative estimate of drug-likeness (QED) is 0.542. The van der Waals surface area contributed by atoms with Crippen LogP contribution in [0.2, 0.25) is 0 Å². The molecular weight excluding hydrogens is 176 g/mol. The van der Waals surface area contributed by atoms with Gasteiger partial charge >= 0.3 is 0 Å². The van der Waals surface area contributed by atoms with Gasteiger partial charge in [-0.25, -0.2) is 0 Å². The van der Waals surface area contributed by atoms with Crippen molar-refractivity contribution in [1.29, 1.82) is 0 Å². The lowest BCUT2D eigenvalue weighted by Gasteiger charge is -2.29. The second kappa shape index (κ2) is 9.19. The molecule has 0 aromatic rings. The van der Waals surface area contributed by atoms with Gasteiger partial charge in [0, 0.05) is 25.7 Å². The summed E-state index contributed by atoms with van der Waals surface area (Å²) in [5, 5.41) is 12.3. The van der Waals surface area contributed by atoms with Crippen molar-refractivity contribution in [1.82, 2.24) is 10.2 Å². The van der Waals surface area contributed by atoms with Crippen LogP contribution in [-0.2, 0) is 0 Å². The molecule has 0 aromatic heterocycles. The number of nitrogens with one attached hydrogen (secondary N) is 1. The number of likely N-dealkylation sites (N-methyl/N-ethyl adjacent to an activating group) is 1. The van der Waals surface area contributed by atoms with Gasteiger partial charge in [-0.2, -0.15) is 0 Å². The van der Waals surface area contributed by atoms with Gasteiger partial charge in [-0.3, -0.25) is 4.90 Å². The van der Waals surface area contributed by atoms with Gasteiger partial charge in [0.05, 0.1) is 6.61 Å². The normalized spacial score (nSPS) is 13.1. The van der Waals surface area contributed by atoms with Gasteiger partial charge in [-0.1, -0.05) is 19.9 Å². The number of hydrogen-bond donors (Lipinski definition) is 2. The zero-order valence-corrected chi connectivity index (χ0v) is 9.50. The van der Waals surface area contributed by atoms with Crippen LogP contribution >= 0.6 is 0 Å². The summed E-state index contributed by atoms with van der Waals surface area (Å²) in [6.07, 6.45) is 2.99. The number of aliphatic hydroxyl groups excluding tert-OH is 1. The molecule has 1 unspecified atom stereocenters. The Kier molecular flexibility index (Phi) is 8.94. The highest BCUT2D eigenvalue weighted by atomic mass is 16.3. The van der Waals surface area contributed by atoms with Crippen LogP contribution in [0.1, 0.15) is 20.3 Å². The van der Waals surface area contributed by atoms with Gasteiger partial charge in [-0.15, -0.1) is 6.58 Å². The Morgan fingerprint density at radius 2 is 2.21 bits per heavy atom. The maximum absolute atomic E-state index is 8.94. The summed E-state index contributed by atoms with van der Waals surface area (Å²) in [5.74, 6) is 0. The van der Waals surface area contributed by atoms with Crippen LogP contribution in [0, 0.1) is 0 Å². The SMILES string of the molecule is C=CCN(CCO)C(CC)CNCC. The van der Waals surface area contributed by atoms with E-state index in [2.05, 4.69) is 30.6 Å². The number of rotatable bonds is 9. The molecule has 2 N–H and O–H groups in total. The minimum atomic E-state index is 0.219. The second-order valence-corrected chi connectivity index (χ2v) is 3.38. The highest BCUT2D eigenvalue weighted by Gasteiger charge is 2.13. The van der Waals surface area contributed by atoms with E-state index in [0.29, 0.717) is 6.04 Å². The fourth-order valence-corrected chi connectivity index (χ4v) is 1.56. The van der Waals surface area contributed by atoms with Gasteiger partial charge < -0.3 is 10.4 Å². The first kappa shape index (κ1) is 13.6. The van der Waals surface area contributed by atoms with Gasteiger partial charge in [0.15, 0.2) is 0 Å². The average Bonchev–Trinajstić information content (AvgIpc) is 2.19. The van der Waals surface area contributed by atoms with Crippen molar-refractivity contribution in [3.05, 3.63) is 12.7 Å². The summed E-state index contributed by atoms with van der Waals surface area (Å²) in [5.41, 5.74) is 0. The molecule has 0 heterocycles. The molecule has 3 heteroatoms. The lowest BCUT2D eigenvalue weighted by atomic mass is 10.2. The Hall–Kier alpha value is -0.380. The first-order valence-electron chi connectivity index (χ1n) is 5.46. The predicted molar refractivity (Wildman–Crippen MR) is 61.5 cm³/mol.